The van der Waals surface area contributed by atoms with Crippen LogP contribution in [0.5, 0.6) is 0 Å². The molecule has 14 heavy (non-hydrogen) atoms. The molecule has 0 aliphatic carbocycles. The van der Waals surface area contributed by atoms with Crippen molar-refractivity contribution in [3.05, 3.63) is 36.3 Å². The van der Waals surface area contributed by atoms with Gasteiger partial charge in [-0.25, -0.2) is 4.98 Å². The number of nitrogens with one attached hydrogen (secondary N) is 2. The number of H-pyrrole nitrogens is 1. The number of hydrogen-bond donors (Lipinski definition) is 3. The van der Waals surface area contributed by atoms with Crippen LogP contribution in [-0.4, -0.2) is 15.2 Å². The van der Waals surface area contributed by atoms with E-state index in [0.717, 1.165) is 11.4 Å². The summed E-state index contributed by atoms with van der Waals surface area (Å²) >= 11 is 0. The second-order valence-corrected chi connectivity index (χ2v) is 2.91. The summed E-state index contributed by atoms with van der Waals surface area (Å²) in [7, 11) is 0. The first-order valence-electron chi connectivity index (χ1n) is 4.28. The Morgan fingerprint density at radius 2 is 2.29 bits per heavy atom. The number of aromatic amines is 1. The van der Waals surface area contributed by atoms with E-state index in [1.807, 2.05) is 12.1 Å². The van der Waals surface area contributed by atoms with E-state index in [9.17, 15) is 0 Å². The van der Waals surface area contributed by atoms with Crippen LogP contribution in [0.4, 0.5) is 11.5 Å². The molecule has 0 aliphatic rings. The quantitative estimate of drug-likeness (QED) is 0.673. The van der Waals surface area contributed by atoms with Crippen LogP contribution < -0.4 is 11.1 Å². The van der Waals surface area contributed by atoms with Gasteiger partial charge in [0.15, 0.2) is 0 Å². The summed E-state index contributed by atoms with van der Waals surface area (Å²) in [4.78, 5) is 3.97. The zero-order chi connectivity index (χ0) is 9.80. The topological polar surface area (TPSA) is 79.6 Å². The number of rotatable bonds is 3. The molecule has 0 aliphatic heterocycles. The lowest BCUT2D eigenvalue weighted by Gasteiger charge is -2.03. The third-order valence-corrected chi connectivity index (χ3v) is 1.83. The molecule has 72 valence electrons. The van der Waals surface area contributed by atoms with Crippen LogP contribution >= 0.6 is 0 Å². The first-order chi connectivity index (χ1) is 6.84. The number of pyridine rings is 1. The molecule has 0 amide bonds. The Balaban J connectivity index is 1.95. The average molecular weight is 189 g/mol. The number of nitrogen functional groups attached to an aromatic ring is 1. The fourth-order valence-electron chi connectivity index (χ4n) is 1.09. The monoisotopic (exact) mass is 189 g/mol. The van der Waals surface area contributed by atoms with Crippen LogP contribution in [0, 0.1) is 0 Å². The molecule has 0 aromatic carbocycles. The fraction of sp³-hybridized carbons (Fsp3) is 0.111. The van der Waals surface area contributed by atoms with Crippen molar-refractivity contribution in [3.8, 4) is 0 Å². The second-order valence-electron chi connectivity index (χ2n) is 2.91. The number of hydrogen-bond acceptors (Lipinski definition) is 4. The Bertz CT molecular complexity index is 378. The van der Waals surface area contributed by atoms with E-state index in [0.29, 0.717) is 12.4 Å². The van der Waals surface area contributed by atoms with Gasteiger partial charge in [-0.3, -0.25) is 5.10 Å². The highest BCUT2D eigenvalue weighted by molar-refractivity contribution is 5.45. The van der Waals surface area contributed by atoms with E-state index in [1.165, 1.54) is 0 Å². The lowest BCUT2D eigenvalue weighted by atomic mass is 10.3. The zero-order valence-corrected chi connectivity index (χ0v) is 7.57. The summed E-state index contributed by atoms with van der Waals surface area (Å²) < 4.78 is 0. The molecule has 0 saturated carbocycles. The Hall–Kier alpha value is -2.04. The van der Waals surface area contributed by atoms with E-state index in [2.05, 4.69) is 20.5 Å². The van der Waals surface area contributed by atoms with Gasteiger partial charge in [0.1, 0.15) is 5.82 Å². The summed E-state index contributed by atoms with van der Waals surface area (Å²) in [5.41, 5.74) is 7.43. The SMILES string of the molecule is Nc1ccc(NCc2ccn[nH]2)cn1. The molecule has 2 rings (SSSR count). The van der Waals surface area contributed by atoms with Crippen molar-refractivity contribution in [2.45, 2.75) is 6.54 Å². The van der Waals surface area contributed by atoms with Gasteiger partial charge in [0, 0.05) is 6.20 Å². The summed E-state index contributed by atoms with van der Waals surface area (Å²) in [6, 6.07) is 5.56. The Morgan fingerprint density at radius 3 is 2.93 bits per heavy atom. The summed E-state index contributed by atoms with van der Waals surface area (Å²) in [6.45, 7) is 0.700. The normalized spacial score (nSPS) is 10.0. The van der Waals surface area contributed by atoms with Crippen LogP contribution in [0.2, 0.25) is 0 Å². The minimum absolute atomic E-state index is 0.525. The third-order valence-electron chi connectivity index (χ3n) is 1.83. The van der Waals surface area contributed by atoms with Gasteiger partial charge < -0.3 is 11.1 Å². The Morgan fingerprint density at radius 1 is 1.36 bits per heavy atom. The summed E-state index contributed by atoms with van der Waals surface area (Å²) in [5.74, 6) is 0.525. The van der Waals surface area contributed by atoms with E-state index >= 15 is 0 Å². The zero-order valence-electron chi connectivity index (χ0n) is 7.57. The van der Waals surface area contributed by atoms with Crippen LogP contribution in [0.1, 0.15) is 5.69 Å². The average Bonchev–Trinajstić information content (AvgIpc) is 2.70. The summed E-state index contributed by atoms with van der Waals surface area (Å²) in [6.07, 6.45) is 3.42. The minimum atomic E-state index is 0.525. The molecule has 0 fully saturated rings. The molecule has 5 nitrogen and oxygen atoms in total. The molecule has 0 atom stereocenters. The number of aromatic nitrogens is 3. The maximum absolute atomic E-state index is 5.46. The van der Waals surface area contributed by atoms with Crippen molar-refractivity contribution < 1.29 is 0 Å². The first-order valence-corrected chi connectivity index (χ1v) is 4.28. The smallest absolute Gasteiger partial charge is 0.123 e. The van der Waals surface area contributed by atoms with Gasteiger partial charge in [-0.15, -0.1) is 0 Å². The highest BCUT2D eigenvalue weighted by Gasteiger charge is 1.94. The third kappa shape index (κ3) is 2.01. The van der Waals surface area contributed by atoms with Crippen LogP contribution in [0.25, 0.3) is 0 Å². The predicted molar refractivity (Wildman–Crippen MR) is 54.6 cm³/mol. The van der Waals surface area contributed by atoms with Gasteiger partial charge >= 0.3 is 0 Å². The molecular weight excluding hydrogens is 178 g/mol. The van der Waals surface area contributed by atoms with E-state index in [1.54, 1.807) is 18.5 Å². The predicted octanol–water partition coefficient (Wildman–Crippen LogP) is 0.999. The van der Waals surface area contributed by atoms with Crippen molar-refractivity contribution in [1.29, 1.82) is 0 Å². The highest BCUT2D eigenvalue weighted by atomic mass is 15.1. The molecule has 0 unspecified atom stereocenters. The molecule has 0 spiro atoms. The van der Waals surface area contributed by atoms with Gasteiger partial charge in [0.05, 0.1) is 24.1 Å². The molecule has 0 saturated heterocycles. The fourth-order valence-corrected chi connectivity index (χ4v) is 1.09. The van der Waals surface area contributed by atoms with E-state index in [4.69, 9.17) is 5.73 Å². The molecule has 0 bridgehead atoms. The highest BCUT2D eigenvalue weighted by Crippen LogP contribution is 2.07. The number of anilines is 2. The van der Waals surface area contributed by atoms with Crippen molar-refractivity contribution in [1.82, 2.24) is 15.2 Å². The largest absolute Gasteiger partial charge is 0.384 e. The maximum atomic E-state index is 5.46. The van der Waals surface area contributed by atoms with Crippen LogP contribution in [0.3, 0.4) is 0 Å². The molecule has 2 heterocycles. The molecule has 2 aromatic heterocycles. The van der Waals surface area contributed by atoms with Crippen molar-refractivity contribution >= 4 is 11.5 Å². The Kier molecular flexibility index (Phi) is 2.31. The van der Waals surface area contributed by atoms with E-state index in [-0.39, 0.29) is 0 Å². The first kappa shape index (κ1) is 8.55. The second kappa shape index (κ2) is 3.78. The van der Waals surface area contributed by atoms with Gasteiger partial charge in [-0.05, 0) is 18.2 Å². The molecular formula is C9H11N5. The number of nitrogens with zero attached hydrogens (tertiary/aromatic N) is 2. The lowest BCUT2D eigenvalue weighted by Crippen LogP contribution is -2.00. The van der Waals surface area contributed by atoms with Crippen molar-refractivity contribution in [2.24, 2.45) is 0 Å². The molecule has 5 heteroatoms. The maximum Gasteiger partial charge on any atom is 0.123 e. The number of nitrogens with two attached hydrogens (primary N) is 1. The van der Waals surface area contributed by atoms with E-state index < -0.39 is 0 Å². The van der Waals surface area contributed by atoms with Crippen LogP contribution in [0.15, 0.2) is 30.6 Å². The Labute approximate surface area is 81.4 Å². The van der Waals surface area contributed by atoms with Gasteiger partial charge in [-0.2, -0.15) is 5.10 Å². The van der Waals surface area contributed by atoms with Crippen molar-refractivity contribution in [3.63, 3.8) is 0 Å². The summed E-state index contributed by atoms with van der Waals surface area (Å²) in [5, 5.41) is 9.89. The lowest BCUT2D eigenvalue weighted by molar-refractivity contribution is 0.980. The van der Waals surface area contributed by atoms with Crippen LogP contribution in [-0.2, 0) is 6.54 Å². The molecule has 2 aromatic rings. The standard InChI is InChI=1S/C9H11N5/c10-9-2-1-7(5-12-9)11-6-8-3-4-13-14-8/h1-5,11H,6H2,(H2,10,12)(H,13,14). The minimum Gasteiger partial charge on any atom is -0.384 e. The molecule has 0 radical (unpaired) electrons. The van der Waals surface area contributed by atoms with Crippen molar-refractivity contribution in [2.75, 3.05) is 11.1 Å². The van der Waals surface area contributed by atoms with Gasteiger partial charge in [0.2, 0.25) is 0 Å². The van der Waals surface area contributed by atoms with Gasteiger partial charge in [-0.1, -0.05) is 0 Å². The molecule has 4 N–H and O–H groups in total. The van der Waals surface area contributed by atoms with Gasteiger partial charge in [0.25, 0.3) is 0 Å².